The highest BCUT2D eigenvalue weighted by Crippen LogP contribution is 2.38. The van der Waals surface area contributed by atoms with Crippen molar-refractivity contribution in [1.82, 2.24) is 15.1 Å². The zero-order valence-electron chi connectivity index (χ0n) is 16.0. The number of fused-ring (bicyclic) bond motifs is 2. The Bertz CT molecular complexity index is 457. The molecule has 0 aromatic carbocycles. The molecule has 2 atom stereocenters. The highest BCUT2D eigenvalue weighted by atomic mass is 16.6. The summed E-state index contributed by atoms with van der Waals surface area (Å²) in [6, 6.07) is 1.22. The predicted octanol–water partition coefficient (Wildman–Crippen LogP) is 2.74. The molecule has 0 aromatic rings. The Hall–Kier alpha value is -1.50. The Balaban J connectivity index is 1.56. The predicted molar refractivity (Wildman–Crippen MR) is 98.1 cm³/mol. The number of carbonyl (C=O) groups excluding carboxylic acids is 2. The number of alkyl carbamates (subject to hydrolysis) is 1. The second-order valence-electron chi connectivity index (χ2n) is 7.63. The molecule has 7 heteroatoms. The van der Waals surface area contributed by atoms with Crippen LogP contribution in [-0.4, -0.2) is 73.0 Å². The Morgan fingerprint density at radius 1 is 1.12 bits per heavy atom. The average molecular weight is 367 g/mol. The van der Waals surface area contributed by atoms with E-state index in [-0.39, 0.29) is 12.2 Å². The van der Waals surface area contributed by atoms with Gasteiger partial charge in [-0.05, 0) is 71.4 Å². The van der Waals surface area contributed by atoms with Crippen molar-refractivity contribution in [3.05, 3.63) is 0 Å². The zero-order chi connectivity index (χ0) is 18.4. The molecule has 3 heterocycles. The van der Waals surface area contributed by atoms with Gasteiger partial charge in [0.1, 0.15) is 0 Å². The minimum absolute atomic E-state index is 0.125. The summed E-state index contributed by atoms with van der Waals surface area (Å²) in [6.07, 6.45) is 7.91. The molecule has 0 aromatic heterocycles. The number of hydrogen-bond acceptors (Lipinski definition) is 5. The van der Waals surface area contributed by atoms with Crippen LogP contribution in [0.3, 0.4) is 0 Å². The minimum Gasteiger partial charge on any atom is -0.450 e. The molecule has 3 aliphatic rings. The van der Waals surface area contributed by atoms with Gasteiger partial charge in [0.05, 0.1) is 13.2 Å². The fourth-order valence-corrected chi connectivity index (χ4v) is 4.68. The number of rotatable bonds is 2. The van der Waals surface area contributed by atoms with Crippen LogP contribution in [-0.2, 0) is 9.47 Å². The first-order valence-corrected chi connectivity index (χ1v) is 10.3. The molecule has 3 fully saturated rings. The lowest BCUT2D eigenvalue weighted by atomic mass is 9.95. The van der Waals surface area contributed by atoms with Gasteiger partial charge in [-0.2, -0.15) is 0 Å². The smallest absolute Gasteiger partial charge is 0.410 e. The normalized spacial score (nSPS) is 31.3. The number of piperidine rings is 1. The van der Waals surface area contributed by atoms with Gasteiger partial charge < -0.3 is 24.6 Å². The van der Waals surface area contributed by atoms with E-state index in [0.29, 0.717) is 37.9 Å². The number of ether oxygens (including phenoxy) is 2. The molecule has 3 aliphatic heterocycles. The van der Waals surface area contributed by atoms with Crippen LogP contribution in [0.4, 0.5) is 9.59 Å². The number of hydrogen-bond donors (Lipinski definition) is 1. The standard InChI is InChI=1S/C19H33N3O4/c1-2-25-19(24)22-15-7-8-16(22)14-17(13-15)21-10-4-3-9-20-18(23)26-12-6-5-11-21/h15-17H,2-14H2,1H3,(H,20,23). The quantitative estimate of drug-likeness (QED) is 0.813. The third-order valence-electron chi connectivity index (χ3n) is 5.92. The van der Waals surface area contributed by atoms with Crippen molar-refractivity contribution >= 4 is 12.2 Å². The zero-order valence-corrected chi connectivity index (χ0v) is 16.0. The van der Waals surface area contributed by atoms with Crippen molar-refractivity contribution in [2.45, 2.75) is 76.4 Å². The van der Waals surface area contributed by atoms with Crippen LogP contribution in [0.5, 0.6) is 0 Å². The summed E-state index contributed by atoms with van der Waals surface area (Å²) >= 11 is 0. The second-order valence-corrected chi connectivity index (χ2v) is 7.63. The van der Waals surface area contributed by atoms with E-state index in [4.69, 9.17) is 9.47 Å². The lowest BCUT2D eigenvalue weighted by Crippen LogP contribution is -2.53. The summed E-state index contributed by atoms with van der Waals surface area (Å²) in [5, 5.41) is 2.81. The van der Waals surface area contributed by atoms with Crippen molar-refractivity contribution in [3.8, 4) is 0 Å². The first kappa shape index (κ1) is 19.3. The number of nitrogens with zero attached hydrogens (tertiary/aromatic N) is 2. The fourth-order valence-electron chi connectivity index (χ4n) is 4.68. The SMILES string of the molecule is CCOC(=O)N1C2CCC1CC(N1CCCCNC(=O)OCCCC1)C2. The first-order chi connectivity index (χ1) is 12.7. The molecule has 1 N–H and O–H groups in total. The van der Waals surface area contributed by atoms with E-state index >= 15 is 0 Å². The lowest BCUT2D eigenvalue weighted by Gasteiger charge is -2.43. The van der Waals surface area contributed by atoms with Crippen molar-refractivity contribution in [2.24, 2.45) is 0 Å². The second kappa shape index (κ2) is 9.44. The van der Waals surface area contributed by atoms with Crippen LogP contribution in [0, 0.1) is 0 Å². The van der Waals surface area contributed by atoms with E-state index in [2.05, 4.69) is 10.2 Å². The Kier molecular flexibility index (Phi) is 7.00. The molecule has 26 heavy (non-hydrogen) atoms. The van der Waals surface area contributed by atoms with Crippen LogP contribution in [0.15, 0.2) is 0 Å². The maximum absolute atomic E-state index is 12.3. The summed E-state index contributed by atoms with van der Waals surface area (Å²) in [5.74, 6) is 0. The molecule has 2 unspecified atom stereocenters. The number of nitrogens with one attached hydrogen (secondary N) is 1. The molecular weight excluding hydrogens is 334 g/mol. The maximum Gasteiger partial charge on any atom is 0.410 e. The molecule has 0 spiro atoms. The van der Waals surface area contributed by atoms with E-state index in [0.717, 1.165) is 64.5 Å². The third kappa shape index (κ3) is 4.81. The van der Waals surface area contributed by atoms with Crippen LogP contribution < -0.4 is 5.32 Å². The Morgan fingerprint density at radius 2 is 1.81 bits per heavy atom. The summed E-state index contributed by atoms with van der Waals surface area (Å²) in [5.41, 5.74) is 0. The van der Waals surface area contributed by atoms with Crippen molar-refractivity contribution in [2.75, 3.05) is 32.8 Å². The topological polar surface area (TPSA) is 71.1 Å². The molecule has 148 valence electrons. The number of carbonyl (C=O) groups is 2. The van der Waals surface area contributed by atoms with E-state index in [9.17, 15) is 9.59 Å². The van der Waals surface area contributed by atoms with Gasteiger partial charge in [-0.15, -0.1) is 0 Å². The maximum atomic E-state index is 12.3. The lowest BCUT2D eigenvalue weighted by molar-refractivity contribution is 0.0393. The first-order valence-electron chi connectivity index (χ1n) is 10.3. The van der Waals surface area contributed by atoms with Crippen LogP contribution in [0.1, 0.15) is 58.3 Å². The summed E-state index contributed by atoms with van der Waals surface area (Å²) in [6.45, 7) is 5.61. The van der Waals surface area contributed by atoms with Crippen LogP contribution in [0.2, 0.25) is 0 Å². The summed E-state index contributed by atoms with van der Waals surface area (Å²) < 4.78 is 10.4. The van der Waals surface area contributed by atoms with E-state index in [1.54, 1.807) is 0 Å². The van der Waals surface area contributed by atoms with Crippen LogP contribution >= 0.6 is 0 Å². The molecule has 3 saturated heterocycles. The van der Waals surface area contributed by atoms with Crippen molar-refractivity contribution in [3.63, 3.8) is 0 Å². The van der Waals surface area contributed by atoms with Crippen molar-refractivity contribution in [1.29, 1.82) is 0 Å². The van der Waals surface area contributed by atoms with Gasteiger partial charge >= 0.3 is 12.2 Å². The summed E-state index contributed by atoms with van der Waals surface area (Å²) in [4.78, 5) is 28.3. The third-order valence-corrected chi connectivity index (χ3v) is 5.92. The highest BCUT2D eigenvalue weighted by Gasteiger charge is 2.45. The van der Waals surface area contributed by atoms with E-state index < -0.39 is 0 Å². The highest BCUT2D eigenvalue weighted by molar-refractivity contribution is 5.69. The molecule has 2 bridgehead atoms. The fraction of sp³-hybridized carbons (Fsp3) is 0.895. The molecule has 3 rings (SSSR count). The van der Waals surface area contributed by atoms with Crippen molar-refractivity contribution < 1.29 is 19.1 Å². The monoisotopic (exact) mass is 367 g/mol. The van der Waals surface area contributed by atoms with E-state index in [1.807, 2.05) is 11.8 Å². The Labute approximate surface area is 156 Å². The average Bonchev–Trinajstić information content (AvgIpc) is 2.88. The molecule has 0 saturated carbocycles. The van der Waals surface area contributed by atoms with Gasteiger partial charge in [0.2, 0.25) is 0 Å². The van der Waals surface area contributed by atoms with Gasteiger partial charge in [-0.25, -0.2) is 9.59 Å². The minimum atomic E-state index is -0.287. The van der Waals surface area contributed by atoms with Crippen LogP contribution in [0.25, 0.3) is 0 Å². The molecular formula is C19H33N3O4. The van der Waals surface area contributed by atoms with Gasteiger partial charge in [-0.3, -0.25) is 0 Å². The van der Waals surface area contributed by atoms with Gasteiger partial charge in [0.15, 0.2) is 0 Å². The largest absolute Gasteiger partial charge is 0.450 e. The van der Waals surface area contributed by atoms with Gasteiger partial charge in [0, 0.05) is 24.7 Å². The number of cyclic esters (lactones) is 1. The molecule has 0 aliphatic carbocycles. The van der Waals surface area contributed by atoms with Gasteiger partial charge in [-0.1, -0.05) is 0 Å². The molecule has 7 nitrogen and oxygen atoms in total. The van der Waals surface area contributed by atoms with E-state index in [1.165, 1.54) is 0 Å². The molecule has 0 radical (unpaired) electrons. The summed E-state index contributed by atoms with van der Waals surface area (Å²) in [7, 11) is 0. The Morgan fingerprint density at radius 3 is 2.50 bits per heavy atom. The van der Waals surface area contributed by atoms with Gasteiger partial charge in [0.25, 0.3) is 0 Å². The number of amides is 2. The molecule has 2 amide bonds.